The number of nitrogens with one attached hydrogen (secondary N) is 1. The molecule has 0 aliphatic rings. The molecule has 0 saturated heterocycles. The van der Waals surface area contributed by atoms with Crippen molar-refractivity contribution in [2.24, 2.45) is 5.73 Å². The first kappa shape index (κ1) is 13.6. The summed E-state index contributed by atoms with van der Waals surface area (Å²) in [6.45, 7) is 3.03. The Hall–Kier alpha value is -0.450. The number of hydrogen-bond donors (Lipinski definition) is 2. The molecule has 0 bridgehead atoms. The fourth-order valence-corrected chi connectivity index (χ4v) is 1.80. The van der Waals surface area contributed by atoms with Gasteiger partial charge in [0.15, 0.2) is 0 Å². The summed E-state index contributed by atoms with van der Waals surface area (Å²) in [6, 6.07) is 5.52. The first-order valence-corrected chi connectivity index (χ1v) is 6.98. The number of thiocarbonyl (C=S) groups is 1. The van der Waals surface area contributed by atoms with Crippen molar-refractivity contribution in [1.82, 2.24) is 0 Å². The van der Waals surface area contributed by atoms with Gasteiger partial charge in [-0.25, -0.2) is 0 Å². The lowest BCUT2D eigenvalue weighted by Crippen LogP contribution is -2.17. The number of halogens is 1. The maximum Gasteiger partial charge on any atom is 0.106 e. The number of nitrogens with two attached hydrogens (primary N) is 1. The van der Waals surface area contributed by atoms with E-state index in [1.807, 2.05) is 23.9 Å². The van der Waals surface area contributed by atoms with Crippen LogP contribution in [0.2, 0.25) is 5.02 Å². The normalized spacial score (nSPS) is 12.2. The molecule has 0 saturated carbocycles. The molecule has 0 amide bonds. The van der Waals surface area contributed by atoms with Gasteiger partial charge in [0, 0.05) is 28.1 Å². The van der Waals surface area contributed by atoms with Gasteiger partial charge < -0.3 is 11.1 Å². The van der Waals surface area contributed by atoms with Gasteiger partial charge in [-0.1, -0.05) is 30.7 Å². The Morgan fingerprint density at radius 1 is 1.62 bits per heavy atom. The number of thioether (sulfide) groups is 1. The largest absolute Gasteiger partial charge is 0.389 e. The quantitative estimate of drug-likeness (QED) is 0.809. The Labute approximate surface area is 111 Å². The van der Waals surface area contributed by atoms with Crippen molar-refractivity contribution in [2.75, 3.05) is 18.1 Å². The van der Waals surface area contributed by atoms with Crippen LogP contribution in [0.5, 0.6) is 0 Å². The molecular weight excluding hydrogens is 260 g/mol. The summed E-state index contributed by atoms with van der Waals surface area (Å²) in [7, 11) is 0. The third kappa shape index (κ3) is 3.85. The number of anilines is 1. The smallest absolute Gasteiger partial charge is 0.106 e. The predicted molar refractivity (Wildman–Crippen MR) is 78.8 cm³/mol. The molecule has 0 heterocycles. The number of hydrogen-bond acceptors (Lipinski definition) is 3. The highest BCUT2D eigenvalue weighted by Crippen LogP contribution is 2.21. The summed E-state index contributed by atoms with van der Waals surface area (Å²) < 4.78 is 0. The summed E-state index contributed by atoms with van der Waals surface area (Å²) in [5.74, 6) is 0. The van der Waals surface area contributed by atoms with Crippen LogP contribution < -0.4 is 11.1 Å². The van der Waals surface area contributed by atoms with Gasteiger partial charge in [-0.15, -0.1) is 0 Å². The van der Waals surface area contributed by atoms with Crippen molar-refractivity contribution >= 4 is 46.3 Å². The molecule has 5 heteroatoms. The van der Waals surface area contributed by atoms with E-state index in [0.29, 0.717) is 15.3 Å². The molecule has 16 heavy (non-hydrogen) atoms. The molecule has 1 aromatic rings. The van der Waals surface area contributed by atoms with Crippen molar-refractivity contribution < 1.29 is 0 Å². The lowest BCUT2D eigenvalue weighted by atomic mass is 10.1. The highest BCUT2D eigenvalue weighted by molar-refractivity contribution is 7.99. The Bertz CT molecular complexity index is 382. The van der Waals surface area contributed by atoms with E-state index >= 15 is 0 Å². The molecule has 0 aliphatic carbocycles. The zero-order chi connectivity index (χ0) is 12.1. The summed E-state index contributed by atoms with van der Waals surface area (Å²) in [5, 5.41) is 4.51. The van der Waals surface area contributed by atoms with Gasteiger partial charge in [-0.2, -0.15) is 11.8 Å². The maximum atomic E-state index is 5.90. The fraction of sp³-hybridized carbons (Fsp3) is 0.364. The van der Waals surface area contributed by atoms with Crippen molar-refractivity contribution in [1.29, 1.82) is 0 Å². The van der Waals surface area contributed by atoms with Crippen LogP contribution in [0.1, 0.15) is 12.5 Å². The van der Waals surface area contributed by atoms with Gasteiger partial charge in [0.2, 0.25) is 0 Å². The molecular formula is C11H15ClN2S2. The lowest BCUT2D eigenvalue weighted by Gasteiger charge is -2.14. The maximum absolute atomic E-state index is 5.90. The van der Waals surface area contributed by atoms with Crippen LogP contribution in [-0.4, -0.2) is 23.0 Å². The molecule has 2 nitrogen and oxygen atoms in total. The molecule has 1 unspecified atom stereocenters. The zero-order valence-corrected chi connectivity index (χ0v) is 11.7. The van der Waals surface area contributed by atoms with E-state index in [0.717, 1.165) is 17.8 Å². The molecule has 1 aromatic carbocycles. The average Bonchev–Trinajstić information content (AvgIpc) is 2.26. The first-order chi connectivity index (χ1) is 7.54. The van der Waals surface area contributed by atoms with Gasteiger partial charge in [0.05, 0.1) is 0 Å². The molecule has 0 spiro atoms. The van der Waals surface area contributed by atoms with Gasteiger partial charge in [0.1, 0.15) is 4.99 Å². The Morgan fingerprint density at radius 2 is 2.31 bits per heavy atom. The molecule has 3 N–H and O–H groups in total. The van der Waals surface area contributed by atoms with Crippen LogP contribution in [0.15, 0.2) is 18.2 Å². The Balaban J connectivity index is 2.82. The molecule has 1 atom stereocenters. The molecule has 0 fully saturated rings. The standard InChI is InChI=1S/C11H15ClN2S2/c1-7(16-2)6-14-10-4-3-8(12)5-9(10)11(13)15/h3-5,7,14H,6H2,1-2H3,(H2,13,15). The van der Waals surface area contributed by atoms with Crippen LogP contribution in [0, 0.1) is 0 Å². The highest BCUT2D eigenvalue weighted by Gasteiger charge is 2.07. The minimum absolute atomic E-state index is 0.363. The molecule has 88 valence electrons. The van der Waals surface area contributed by atoms with E-state index in [2.05, 4.69) is 18.5 Å². The topological polar surface area (TPSA) is 38.0 Å². The third-order valence-electron chi connectivity index (χ3n) is 2.23. The van der Waals surface area contributed by atoms with Gasteiger partial charge >= 0.3 is 0 Å². The van der Waals surface area contributed by atoms with Crippen molar-refractivity contribution in [3.63, 3.8) is 0 Å². The van der Waals surface area contributed by atoms with E-state index in [4.69, 9.17) is 29.6 Å². The van der Waals surface area contributed by atoms with Crippen molar-refractivity contribution in [3.05, 3.63) is 28.8 Å². The predicted octanol–water partition coefficient (Wildman–Crippen LogP) is 3.14. The van der Waals surface area contributed by atoms with Gasteiger partial charge in [0.25, 0.3) is 0 Å². The Kier molecular flexibility index (Phi) is 5.38. The Morgan fingerprint density at radius 3 is 2.88 bits per heavy atom. The monoisotopic (exact) mass is 274 g/mol. The van der Waals surface area contributed by atoms with Gasteiger partial charge in [-0.05, 0) is 24.5 Å². The van der Waals surface area contributed by atoms with E-state index in [1.54, 1.807) is 6.07 Å². The van der Waals surface area contributed by atoms with E-state index < -0.39 is 0 Å². The second-order valence-electron chi connectivity index (χ2n) is 3.48. The lowest BCUT2D eigenvalue weighted by molar-refractivity contribution is 1.00. The third-order valence-corrected chi connectivity index (χ3v) is 3.66. The summed E-state index contributed by atoms with van der Waals surface area (Å²) >= 11 is 12.7. The van der Waals surface area contributed by atoms with Gasteiger partial charge in [-0.3, -0.25) is 0 Å². The van der Waals surface area contributed by atoms with E-state index in [9.17, 15) is 0 Å². The summed E-state index contributed by atoms with van der Waals surface area (Å²) in [5.41, 5.74) is 7.39. The first-order valence-electron chi connectivity index (χ1n) is 4.90. The molecule has 0 radical (unpaired) electrons. The van der Waals surface area contributed by atoms with Crippen LogP contribution >= 0.6 is 35.6 Å². The van der Waals surface area contributed by atoms with Crippen molar-refractivity contribution in [3.8, 4) is 0 Å². The fourth-order valence-electron chi connectivity index (χ4n) is 1.21. The van der Waals surface area contributed by atoms with Crippen LogP contribution in [-0.2, 0) is 0 Å². The van der Waals surface area contributed by atoms with Crippen LogP contribution in [0.25, 0.3) is 0 Å². The van der Waals surface area contributed by atoms with Crippen LogP contribution in [0.4, 0.5) is 5.69 Å². The molecule has 0 aliphatic heterocycles. The summed E-state index contributed by atoms with van der Waals surface area (Å²) in [6.07, 6.45) is 2.09. The second-order valence-corrected chi connectivity index (χ2v) is 5.63. The minimum Gasteiger partial charge on any atom is -0.389 e. The minimum atomic E-state index is 0.363. The molecule has 1 rings (SSSR count). The number of benzene rings is 1. The zero-order valence-electron chi connectivity index (χ0n) is 9.29. The van der Waals surface area contributed by atoms with E-state index in [1.165, 1.54) is 0 Å². The SMILES string of the molecule is CSC(C)CNc1ccc(Cl)cc1C(N)=S. The number of rotatable bonds is 5. The van der Waals surface area contributed by atoms with Crippen molar-refractivity contribution in [2.45, 2.75) is 12.2 Å². The summed E-state index contributed by atoms with van der Waals surface area (Å²) in [4.78, 5) is 0.363. The van der Waals surface area contributed by atoms with Crippen LogP contribution in [0.3, 0.4) is 0 Å². The van der Waals surface area contributed by atoms with E-state index in [-0.39, 0.29) is 0 Å². The second kappa shape index (κ2) is 6.33. The average molecular weight is 275 g/mol. The highest BCUT2D eigenvalue weighted by atomic mass is 35.5. The molecule has 0 aromatic heterocycles.